The quantitative estimate of drug-likeness (QED) is 0.808. The van der Waals surface area contributed by atoms with Crippen LogP contribution in [0, 0.1) is 0 Å². The van der Waals surface area contributed by atoms with Crippen LogP contribution in [-0.2, 0) is 16.1 Å². The minimum atomic E-state index is -0.494. The van der Waals surface area contributed by atoms with Crippen molar-refractivity contribution >= 4 is 17.7 Å². The van der Waals surface area contributed by atoms with Gasteiger partial charge in [-0.25, -0.2) is 0 Å². The lowest BCUT2D eigenvalue weighted by atomic mass is 9.88. The standard InChI is InChI=1S/C17H26N2O2S/c1-17(2,22-3)15(18)16(20)19-13-9-14(10-13)21-11-12-7-5-4-6-8-12/h4-8,13-15H,9-11,18H2,1-3H3,(H,19,20)/t13?,14?,15-/m1/s1. The molecule has 1 aromatic carbocycles. The fourth-order valence-electron chi connectivity index (χ4n) is 2.34. The number of benzene rings is 1. The van der Waals surface area contributed by atoms with Crippen molar-refractivity contribution in [3.05, 3.63) is 35.9 Å². The van der Waals surface area contributed by atoms with E-state index in [1.807, 2.05) is 38.3 Å². The highest BCUT2D eigenvalue weighted by Gasteiger charge is 2.36. The third-order valence-corrected chi connectivity index (χ3v) is 5.63. The maximum atomic E-state index is 12.1. The summed E-state index contributed by atoms with van der Waals surface area (Å²) in [6, 6.07) is 9.83. The topological polar surface area (TPSA) is 64.4 Å². The molecule has 2 rings (SSSR count). The summed E-state index contributed by atoms with van der Waals surface area (Å²) in [7, 11) is 0. The smallest absolute Gasteiger partial charge is 0.238 e. The molecule has 1 aliphatic rings. The molecular formula is C17H26N2O2S. The first-order chi connectivity index (χ1) is 10.4. The largest absolute Gasteiger partial charge is 0.373 e. The van der Waals surface area contributed by atoms with Gasteiger partial charge in [-0.3, -0.25) is 4.79 Å². The number of amides is 1. The minimum absolute atomic E-state index is 0.0640. The number of carbonyl (C=O) groups excluding carboxylic acids is 1. The van der Waals surface area contributed by atoms with Gasteiger partial charge in [-0.2, -0.15) is 11.8 Å². The molecule has 1 atom stereocenters. The summed E-state index contributed by atoms with van der Waals surface area (Å²) in [5.41, 5.74) is 7.22. The van der Waals surface area contributed by atoms with E-state index in [4.69, 9.17) is 10.5 Å². The van der Waals surface area contributed by atoms with E-state index < -0.39 is 6.04 Å². The Morgan fingerprint density at radius 3 is 2.64 bits per heavy atom. The minimum Gasteiger partial charge on any atom is -0.373 e. The number of ether oxygens (including phenoxy) is 1. The van der Waals surface area contributed by atoms with Gasteiger partial charge in [-0.15, -0.1) is 0 Å². The number of nitrogens with one attached hydrogen (secondary N) is 1. The summed E-state index contributed by atoms with van der Waals surface area (Å²) in [5.74, 6) is -0.0640. The fraction of sp³-hybridized carbons (Fsp3) is 0.588. The van der Waals surface area contributed by atoms with Gasteiger partial charge in [0.2, 0.25) is 5.91 Å². The van der Waals surface area contributed by atoms with Crippen LogP contribution < -0.4 is 11.1 Å². The molecule has 0 bridgehead atoms. The molecule has 1 aromatic rings. The summed E-state index contributed by atoms with van der Waals surface area (Å²) in [5, 5.41) is 3.03. The van der Waals surface area contributed by atoms with Crippen LogP contribution in [0.2, 0.25) is 0 Å². The van der Waals surface area contributed by atoms with E-state index >= 15 is 0 Å². The molecular weight excluding hydrogens is 296 g/mol. The second-order valence-electron chi connectivity index (χ2n) is 6.38. The van der Waals surface area contributed by atoms with Crippen LogP contribution >= 0.6 is 11.8 Å². The van der Waals surface area contributed by atoms with E-state index in [0.29, 0.717) is 6.61 Å². The molecule has 122 valence electrons. The second kappa shape index (κ2) is 7.49. The molecule has 0 radical (unpaired) electrons. The number of thioether (sulfide) groups is 1. The van der Waals surface area contributed by atoms with Gasteiger partial charge in [0, 0.05) is 10.8 Å². The number of carbonyl (C=O) groups is 1. The Labute approximate surface area is 137 Å². The highest BCUT2D eigenvalue weighted by Crippen LogP contribution is 2.27. The molecule has 1 amide bonds. The highest BCUT2D eigenvalue weighted by atomic mass is 32.2. The van der Waals surface area contributed by atoms with E-state index in [2.05, 4.69) is 17.4 Å². The van der Waals surface area contributed by atoms with Crippen molar-refractivity contribution in [1.82, 2.24) is 5.32 Å². The first kappa shape index (κ1) is 17.3. The van der Waals surface area contributed by atoms with Crippen LogP contribution in [0.25, 0.3) is 0 Å². The zero-order chi connectivity index (χ0) is 16.2. The molecule has 3 N–H and O–H groups in total. The first-order valence-corrected chi connectivity index (χ1v) is 8.91. The van der Waals surface area contributed by atoms with Gasteiger partial charge in [0.15, 0.2) is 0 Å². The molecule has 0 saturated heterocycles. The Hall–Kier alpha value is -1.04. The molecule has 5 heteroatoms. The van der Waals surface area contributed by atoms with Gasteiger partial charge in [0.25, 0.3) is 0 Å². The van der Waals surface area contributed by atoms with E-state index in [1.54, 1.807) is 11.8 Å². The van der Waals surface area contributed by atoms with Gasteiger partial charge in [0.1, 0.15) is 0 Å². The average Bonchev–Trinajstić information content (AvgIpc) is 2.49. The molecule has 22 heavy (non-hydrogen) atoms. The number of rotatable bonds is 7. The van der Waals surface area contributed by atoms with Crippen molar-refractivity contribution in [3.63, 3.8) is 0 Å². The maximum Gasteiger partial charge on any atom is 0.238 e. The predicted octanol–water partition coefficient (Wildman–Crippen LogP) is 2.32. The van der Waals surface area contributed by atoms with Gasteiger partial charge in [-0.05, 0) is 38.5 Å². The lowest BCUT2D eigenvalue weighted by molar-refractivity contribution is -0.125. The number of hydrogen-bond acceptors (Lipinski definition) is 4. The third kappa shape index (κ3) is 4.48. The normalized spacial score (nSPS) is 22.7. The number of hydrogen-bond donors (Lipinski definition) is 2. The van der Waals surface area contributed by atoms with E-state index in [-0.39, 0.29) is 22.8 Å². The van der Waals surface area contributed by atoms with E-state index in [0.717, 1.165) is 12.8 Å². The average molecular weight is 322 g/mol. The predicted molar refractivity (Wildman–Crippen MR) is 91.8 cm³/mol. The van der Waals surface area contributed by atoms with Gasteiger partial charge >= 0.3 is 0 Å². The SMILES string of the molecule is CSC(C)(C)[C@H](N)C(=O)NC1CC(OCc2ccccc2)C1. The Bertz CT molecular complexity index is 487. The van der Waals surface area contributed by atoms with Crippen LogP contribution in [0.15, 0.2) is 30.3 Å². The molecule has 0 heterocycles. The second-order valence-corrected chi connectivity index (χ2v) is 7.84. The lowest BCUT2D eigenvalue weighted by Crippen LogP contribution is -2.57. The van der Waals surface area contributed by atoms with Crippen molar-refractivity contribution in [2.24, 2.45) is 5.73 Å². The summed E-state index contributed by atoms with van der Waals surface area (Å²) in [4.78, 5) is 12.1. The number of nitrogens with two attached hydrogens (primary N) is 1. The van der Waals surface area contributed by atoms with Crippen molar-refractivity contribution < 1.29 is 9.53 Å². The summed E-state index contributed by atoms with van der Waals surface area (Å²) in [6.07, 6.45) is 3.94. The van der Waals surface area contributed by atoms with Gasteiger partial charge < -0.3 is 15.8 Å². The molecule has 0 aliphatic heterocycles. The Kier molecular flexibility index (Phi) is 5.89. The van der Waals surface area contributed by atoms with Crippen molar-refractivity contribution in [2.75, 3.05) is 6.26 Å². The molecule has 1 aliphatic carbocycles. The zero-order valence-electron chi connectivity index (χ0n) is 13.5. The molecule has 1 saturated carbocycles. The Balaban J connectivity index is 1.68. The third-order valence-electron chi connectivity index (χ3n) is 4.33. The van der Waals surface area contributed by atoms with Crippen molar-refractivity contribution in [2.45, 2.75) is 56.2 Å². The zero-order valence-corrected chi connectivity index (χ0v) is 14.4. The molecule has 4 nitrogen and oxygen atoms in total. The van der Waals surface area contributed by atoms with Crippen LogP contribution in [0.1, 0.15) is 32.3 Å². The highest BCUT2D eigenvalue weighted by molar-refractivity contribution is 8.00. The first-order valence-electron chi connectivity index (χ1n) is 7.69. The lowest BCUT2D eigenvalue weighted by Gasteiger charge is -2.37. The monoisotopic (exact) mass is 322 g/mol. The van der Waals surface area contributed by atoms with Crippen LogP contribution in [0.4, 0.5) is 0 Å². The maximum absolute atomic E-state index is 12.1. The Morgan fingerprint density at radius 1 is 1.41 bits per heavy atom. The van der Waals surface area contributed by atoms with Crippen LogP contribution in [-0.4, -0.2) is 35.1 Å². The van der Waals surface area contributed by atoms with E-state index in [9.17, 15) is 4.79 Å². The van der Waals surface area contributed by atoms with Crippen LogP contribution in [0.3, 0.4) is 0 Å². The van der Waals surface area contributed by atoms with Crippen molar-refractivity contribution in [1.29, 1.82) is 0 Å². The summed E-state index contributed by atoms with van der Waals surface area (Å²) < 4.78 is 5.59. The van der Waals surface area contributed by atoms with E-state index in [1.165, 1.54) is 5.56 Å². The summed E-state index contributed by atoms with van der Waals surface area (Å²) in [6.45, 7) is 4.62. The Morgan fingerprint density at radius 2 is 2.05 bits per heavy atom. The van der Waals surface area contributed by atoms with Crippen molar-refractivity contribution in [3.8, 4) is 0 Å². The van der Waals surface area contributed by atoms with Gasteiger partial charge in [0.05, 0.1) is 18.8 Å². The molecule has 0 aromatic heterocycles. The van der Waals surface area contributed by atoms with Crippen LogP contribution in [0.5, 0.6) is 0 Å². The summed E-state index contributed by atoms with van der Waals surface area (Å²) >= 11 is 1.61. The molecule has 0 unspecified atom stereocenters. The molecule has 0 spiro atoms. The van der Waals surface area contributed by atoms with Gasteiger partial charge in [-0.1, -0.05) is 30.3 Å². The fourth-order valence-corrected chi connectivity index (χ4v) is 2.70. The molecule has 1 fully saturated rings.